The van der Waals surface area contributed by atoms with E-state index in [1.54, 1.807) is 0 Å². The first-order valence-electron chi connectivity index (χ1n) is 5.99. The van der Waals surface area contributed by atoms with Gasteiger partial charge in [-0.2, -0.15) is 8.78 Å². The second-order valence-electron chi connectivity index (χ2n) is 4.72. The molecule has 0 saturated carbocycles. The van der Waals surface area contributed by atoms with Crippen LogP contribution in [0.15, 0.2) is 0 Å². The van der Waals surface area contributed by atoms with E-state index in [-0.39, 0.29) is 18.4 Å². The number of rotatable bonds is 5. The van der Waals surface area contributed by atoms with Gasteiger partial charge in [-0.15, -0.1) is 0 Å². The number of hydrogen-bond donors (Lipinski definition) is 2. The standard InChI is InChI=1S/C11H18F4N2O/c1-7-3-2-4-16-8(7)5-9(18)17-6-11(14,15)10(12)13/h7-8,10,16H,2-6H2,1H3,(H,17,18). The average Bonchev–Trinajstić information content (AvgIpc) is 2.29. The van der Waals surface area contributed by atoms with Crippen LogP contribution in [0, 0.1) is 5.92 Å². The van der Waals surface area contributed by atoms with Crippen LogP contribution in [0.5, 0.6) is 0 Å². The van der Waals surface area contributed by atoms with Crippen LogP contribution < -0.4 is 10.6 Å². The van der Waals surface area contributed by atoms with Gasteiger partial charge in [0.25, 0.3) is 0 Å². The van der Waals surface area contributed by atoms with Crippen LogP contribution >= 0.6 is 0 Å². The SMILES string of the molecule is CC1CCCNC1CC(=O)NCC(F)(F)C(F)F. The molecule has 1 rings (SSSR count). The highest BCUT2D eigenvalue weighted by Crippen LogP contribution is 2.22. The van der Waals surface area contributed by atoms with E-state index in [4.69, 9.17) is 0 Å². The summed E-state index contributed by atoms with van der Waals surface area (Å²) in [4.78, 5) is 11.4. The summed E-state index contributed by atoms with van der Waals surface area (Å²) in [5.41, 5.74) is 0. The highest BCUT2D eigenvalue weighted by molar-refractivity contribution is 5.76. The molecule has 1 fully saturated rings. The molecule has 2 N–H and O–H groups in total. The Morgan fingerprint density at radius 1 is 1.50 bits per heavy atom. The van der Waals surface area contributed by atoms with E-state index in [1.165, 1.54) is 0 Å². The molecule has 7 heteroatoms. The van der Waals surface area contributed by atoms with Gasteiger partial charge in [0, 0.05) is 12.5 Å². The first-order chi connectivity index (χ1) is 8.33. The molecule has 2 atom stereocenters. The monoisotopic (exact) mass is 270 g/mol. The van der Waals surface area contributed by atoms with Gasteiger partial charge in [-0.3, -0.25) is 4.79 Å². The van der Waals surface area contributed by atoms with Crippen LogP contribution in [-0.4, -0.2) is 37.4 Å². The lowest BCUT2D eigenvalue weighted by Gasteiger charge is -2.29. The van der Waals surface area contributed by atoms with E-state index >= 15 is 0 Å². The van der Waals surface area contributed by atoms with Crippen LogP contribution in [0.2, 0.25) is 0 Å². The van der Waals surface area contributed by atoms with Crippen molar-refractivity contribution in [2.24, 2.45) is 5.92 Å². The van der Waals surface area contributed by atoms with E-state index in [0.29, 0.717) is 0 Å². The predicted octanol–water partition coefficient (Wildman–Crippen LogP) is 1.78. The molecule has 0 aromatic rings. The third kappa shape index (κ3) is 4.44. The highest BCUT2D eigenvalue weighted by atomic mass is 19.3. The molecule has 1 heterocycles. The minimum absolute atomic E-state index is 0.0421. The van der Waals surface area contributed by atoms with E-state index < -0.39 is 24.8 Å². The number of nitrogens with one attached hydrogen (secondary N) is 2. The fourth-order valence-electron chi connectivity index (χ4n) is 1.95. The number of alkyl halides is 4. The molecule has 0 radical (unpaired) electrons. The Kier molecular flexibility index (Phi) is 5.37. The van der Waals surface area contributed by atoms with Gasteiger partial charge in [0.05, 0.1) is 6.54 Å². The summed E-state index contributed by atoms with van der Waals surface area (Å²) < 4.78 is 48.9. The molecule has 3 nitrogen and oxygen atoms in total. The molecule has 18 heavy (non-hydrogen) atoms. The fraction of sp³-hybridized carbons (Fsp3) is 0.909. The van der Waals surface area contributed by atoms with E-state index in [9.17, 15) is 22.4 Å². The number of carbonyl (C=O) groups is 1. The molecule has 1 aliphatic heterocycles. The molecule has 2 unspecified atom stereocenters. The molecule has 1 amide bonds. The highest BCUT2D eigenvalue weighted by Gasteiger charge is 2.40. The van der Waals surface area contributed by atoms with Crippen molar-refractivity contribution in [3.05, 3.63) is 0 Å². The molecular weight excluding hydrogens is 252 g/mol. The minimum Gasteiger partial charge on any atom is -0.350 e. The predicted molar refractivity (Wildman–Crippen MR) is 58.8 cm³/mol. The van der Waals surface area contributed by atoms with Crippen molar-refractivity contribution in [2.75, 3.05) is 13.1 Å². The number of halogens is 4. The summed E-state index contributed by atoms with van der Waals surface area (Å²) in [6.45, 7) is 1.44. The molecule has 1 aliphatic rings. The molecule has 0 aromatic heterocycles. The average molecular weight is 270 g/mol. The fourth-order valence-corrected chi connectivity index (χ4v) is 1.95. The Morgan fingerprint density at radius 2 is 2.17 bits per heavy atom. The van der Waals surface area contributed by atoms with Crippen molar-refractivity contribution < 1.29 is 22.4 Å². The van der Waals surface area contributed by atoms with Gasteiger partial charge in [0.1, 0.15) is 0 Å². The second-order valence-corrected chi connectivity index (χ2v) is 4.72. The van der Waals surface area contributed by atoms with Crippen molar-refractivity contribution in [3.8, 4) is 0 Å². The van der Waals surface area contributed by atoms with Crippen LogP contribution in [-0.2, 0) is 4.79 Å². The van der Waals surface area contributed by atoms with Gasteiger partial charge in [-0.25, -0.2) is 8.78 Å². The summed E-state index contributed by atoms with van der Waals surface area (Å²) in [6, 6.07) is -0.0704. The second kappa shape index (κ2) is 6.36. The number of amides is 1. The van der Waals surface area contributed by atoms with Crippen LogP contribution in [0.4, 0.5) is 17.6 Å². The lowest BCUT2D eigenvalue weighted by atomic mass is 9.90. The first kappa shape index (κ1) is 15.2. The zero-order valence-corrected chi connectivity index (χ0v) is 10.2. The smallest absolute Gasteiger partial charge is 0.324 e. The Bertz CT molecular complexity index is 286. The lowest BCUT2D eigenvalue weighted by Crippen LogP contribution is -2.46. The molecule has 0 aromatic carbocycles. The normalized spacial score (nSPS) is 25.2. The Labute approximate surface area is 103 Å². The molecule has 106 valence electrons. The number of piperidine rings is 1. The maximum atomic E-state index is 12.6. The van der Waals surface area contributed by atoms with Gasteiger partial charge in [-0.05, 0) is 25.3 Å². The zero-order chi connectivity index (χ0) is 13.8. The Balaban J connectivity index is 2.33. The molecular formula is C11H18F4N2O. The van der Waals surface area contributed by atoms with Crippen molar-refractivity contribution in [3.63, 3.8) is 0 Å². The van der Waals surface area contributed by atoms with Crippen LogP contribution in [0.3, 0.4) is 0 Å². The maximum Gasteiger partial charge on any atom is 0.324 e. The minimum atomic E-state index is -4.17. The van der Waals surface area contributed by atoms with E-state index in [1.807, 2.05) is 12.2 Å². The largest absolute Gasteiger partial charge is 0.350 e. The molecule has 0 aliphatic carbocycles. The summed E-state index contributed by atoms with van der Waals surface area (Å²) in [5.74, 6) is -4.51. The molecule has 0 bridgehead atoms. The van der Waals surface area contributed by atoms with Gasteiger partial charge >= 0.3 is 12.3 Å². The Hall–Kier alpha value is -0.850. The van der Waals surface area contributed by atoms with Crippen molar-refractivity contribution in [1.29, 1.82) is 0 Å². The Morgan fingerprint density at radius 3 is 2.72 bits per heavy atom. The van der Waals surface area contributed by atoms with Crippen molar-refractivity contribution >= 4 is 5.91 Å². The van der Waals surface area contributed by atoms with Crippen LogP contribution in [0.1, 0.15) is 26.2 Å². The molecule has 0 spiro atoms. The summed E-state index contributed by atoms with van der Waals surface area (Å²) >= 11 is 0. The topological polar surface area (TPSA) is 41.1 Å². The van der Waals surface area contributed by atoms with Gasteiger partial charge in [0.15, 0.2) is 0 Å². The third-order valence-corrected chi connectivity index (χ3v) is 3.18. The molecule has 1 saturated heterocycles. The van der Waals surface area contributed by atoms with Gasteiger partial charge < -0.3 is 10.6 Å². The van der Waals surface area contributed by atoms with Crippen molar-refractivity contribution in [1.82, 2.24) is 10.6 Å². The third-order valence-electron chi connectivity index (χ3n) is 3.18. The van der Waals surface area contributed by atoms with Gasteiger partial charge in [0.2, 0.25) is 5.91 Å². The van der Waals surface area contributed by atoms with Crippen LogP contribution in [0.25, 0.3) is 0 Å². The first-order valence-corrected chi connectivity index (χ1v) is 5.99. The number of carbonyl (C=O) groups excluding carboxylic acids is 1. The quantitative estimate of drug-likeness (QED) is 0.748. The summed E-state index contributed by atoms with van der Waals surface area (Å²) in [5, 5.41) is 4.99. The maximum absolute atomic E-state index is 12.6. The number of hydrogen-bond acceptors (Lipinski definition) is 2. The van der Waals surface area contributed by atoms with Crippen molar-refractivity contribution in [2.45, 2.75) is 44.6 Å². The van der Waals surface area contributed by atoms with Gasteiger partial charge in [-0.1, -0.05) is 6.92 Å². The van der Waals surface area contributed by atoms with E-state index in [0.717, 1.165) is 19.4 Å². The zero-order valence-electron chi connectivity index (χ0n) is 10.2. The van der Waals surface area contributed by atoms with E-state index in [2.05, 4.69) is 5.32 Å². The summed E-state index contributed by atoms with van der Waals surface area (Å²) in [6.07, 6.45) is -1.73. The summed E-state index contributed by atoms with van der Waals surface area (Å²) in [7, 11) is 0. The lowest BCUT2D eigenvalue weighted by molar-refractivity contribution is -0.136.